The van der Waals surface area contributed by atoms with Gasteiger partial charge >= 0.3 is 0 Å². The van der Waals surface area contributed by atoms with E-state index in [-0.39, 0.29) is 6.10 Å². The van der Waals surface area contributed by atoms with Gasteiger partial charge in [0.05, 0.1) is 6.10 Å². The second-order valence-corrected chi connectivity index (χ2v) is 8.18. The van der Waals surface area contributed by atoms with Gasteiger partial charge in [-0.05, 0) is 62.5 Å². The number of ether oxygens (including phenoxy) is 1. The standard InChI is InChI=1S/C22H28N6OS/c1-15-12-16(2)25-20(24-15)26-21(27-22(30)23-13-19-8-5-11-29-19)28-10-9-17-6-3-4-7-18(17)14-28/h3-4,6-7,12,19H,5,8-11,13-14H2,1-2H3,(H2,23,24,25,26,27,30). The number of hydrogen-bond acceptors (Lipinski definition) is 4. The van der Waals surface area contributed by atoms with Gasteiger partial charge in [0.1, 0.15) is 0 Å². The lowest BCUT2D eigenvalue weighted by Gasteiger charge is -2.31. The van der Waals surface area contributed by atoms with Crippen molar-refractivity contribution in [2.75, 3.05) is 25.0 Å². The van der Waals surface area contributed by atoms with Gasteiger partial charge in [0.15, 0.2) is 5.11 Å². The second kappa shape index (κ2) is 9.49. The van der Waals surface area contributed by atoms with E-state index in [9.17, 15) is 0 Å². The third-order valence-electron chi connectivity index (χ3n) is 5.35. The second-order valence-electron chi connectivity index (χ2n) is 7.80. The molecule has 0 radical (unpaired) electrons. The minimum atomic E-state index is 0.208. The Morgan fingerprint density at radius 1 is 1.23 bits per heavy atom. The fourth-order valence-corrected chi connectivity index (χ4v) is 4.05. The maximum absolute atomic E-state index is 5.67. The van der Waals surface area contributed by atoms with Crippen LogP contribution in [0.25, 0.3) is 0 Å². The van der Waals surface area contributed by atoms with Gasteiger partial charge in [-0.1, -0.05) is 24.3 Å². The number of rotatable bonds is 3. The zero-order valence-electron chi connectivity index (χ0n) is 17.5. The van der Waals surface area contributed by atoms with Crippen molar-refractivity contribution in [1.82, 2.24) is 20.2 Å². The Morgan fingerprint density at radius 2 is 2.00 bits per heavy atom. The van der Waals surface area contributed by atoms with Crippen molar-refractivity contribution in [2.45, 2.75) is 45.8 Å². The first kappa shape index (κ1) is 20.7. The molecule has 7 nitrogen and oxygen atoms in total. The van der Waals surface area contributed by atoms with Gasteiger partial charge in [0.2, 0.25) is 11.9 Å². The molecule has 1 unspecified atom stereocenters. The minimum Gasteiger partial charge on any atom is -0.376 e. The van der Waals surface area contributed by atoms with E-state index in [2.05, 4.69) is 49.8 Å². The average Bonchev–Trinajstić information content (AvgIpc) is 3.24. The van der Waals surface area contributed by atoms with Crippen molar-refractivity contribution in [3.8, 4) is 0 Å². The highest BCUT2D eigenvalue weighted by Crippen LogP contribution is 2.19. The number of nitrogens with zero attached hydrogens (tertiary/aromatic N) is 4. The van der Waals surface area contributed by atoms with E-state index < -0.39 is 0 Å². The number of anilines is 1. The maximum Gasteiger partial charge on any atom is 0.229 e. The third-order valence-corrected chi connectivity index (χ3v) is 5.58. The Bertz CT molecular complexity index is 921. The fourth-order valence-electron chi connectivity index (χ4n) is 3.88. The van der Waals surface area contributed by atoms with E-state index in [1.165, 1.54) is 11.1 Å². The summed E-state index contributed by atoms with van der Waals surface area (Å²) in [5.41, 5.74) is 4.51. The van der Waals surface area contributed by atoms with Crippen LogP contribution in [-0.2, 0) is 17.7 Å². The fraction of sp³-hybridized carbons (Fsp3) is 0.455. The summed E-state index contributed by atoms with van der Waals surface area (Å²) in [7, 11) is 0. The third kappa shape index (κ3) is 5.31. The Balaban J connectivity index is 1.53. The minimum absolute atomic E-state index is 0.208. The Labute approximate surface area is 183 Å². The summed E-state index contributed by atoms with van der Waals surface area (Å²) >= 11 is 5.52. The molecule has 0 saturated carbocycles. The predicted octanol–water partition coefficient (Wildman–Crippen LogP) is 2.97. The van der Waals surface area contributed by atoms with Crippen LogP contribution in [0.5, 0.6) is 0 Å². The first-order chi connectivity index (χ1) is 14.6. The smallest absolute Gasteiger partial charge is 0.229 e. The van der Waals surface area contributed by atoms with Crippen molar-refractivity contribution < 1.29 is 4.74 Å². The lowest BCUT2D eigenvalue weighted by molar-refractivity contribution is 0.114. The molecule has 3 heterocycles. The molecule has 30 heavy (non-hydrogen) atoms. The van der Waals surface area contributed by atoms with Gasteiger partial charge in [-0.25, -0.2) is 9.97 Å². The summed E-state index contributed by atoms with van der Waals surface area (Å²) in [6.45, 7) is 7.04. The van der Waals surface area contributed by atoms with E-state index in [4.69, 9.17) is 21.9 Å². The quantitative estimate of drug-likeness (QED) is 0.446. The van der Waals surface area contributed by atoms with Crippen molar-refractivity contribution in [3.05, 3.63) is 52.8 Å². The highest BCUT2D eigenvalue weighted by Gasteiger charge is 2.21. The molecule has 2 aliphatic rings. The monoisotopic (exact) mass is 424 g/mol. The van der Waals surface area contributed by atoms with E-state index >= 15 is 0 Å². The molecular weight excluding hydrogens is 396 g/mol. The van der Waals surface area contributed by atoms with Crippen LogP contribution in [0, 0.1) is 13.8 Å². The van der Waals surface area contributed by atoms with Gasteiger partial charge in [0, 0.05) is 37.6 Å². The summed E-state index contributed by atoms with van der Waals surface area (Å²) in [6, 6.07) is 10.5. The lowest BCUT2D eigenvalue weighted by atomic mass is 10.0. The molecule has 0 amide bonds. The Morgan fingerprint density at radius 3 is 2.73 bits per heavy atom. The highest BCUT2D eigenvalue weighted by atomic mass is 32.1. The molecule has 1 aromatic heterocycles. The largest absolute Gasteiger partial charge is 0.376 e. The number of aryl methyl sites for hydroxylation is 2. The Kier molecular flexibility index (Phi) is 6.54. The van der Waals surface area contributed by atoms with Crippen molar-refractivity contribution in [1.29, 1.82) is 0 Å². The van der Waals surface area contributed by atoms with Gasteiger partial charge in [-0.2, -0.15) is 4.99 Å². The number of benzene rings is 1. The SMILES string of the molecule is Cc1cc(C)nc(N/C(=N/C(=S)NCC2CCCO2)N2CCc3ccccc3C2)n1. The number of aromatic nitrogens is 2. The summed E-state index contributed by atoms with van der Waals surface area (Å²) < 4.78 is 5.67. The van der Waals surface area contributed by atoms with Crippen LogP contribution in [0.15, 0.2) is 35.3 Å². The predicted molar refractivity (Wildman–Crippen MR) is 123 cm³/mol. The van der Waals surface area contributed by atoms with E-state index in [0.717, 1.165) is 50.3 Å². The molecule has 1 aromatic carbocycles. The molecule has 2 aliphatic heterocycles. The van der Waals surface area contributed by atoms with Crippen molar-refractivity contribution in [3.63, 3.8) is 0 Å². The van der Waals surface area contributed by atoms with Crippen LogP contribution in [-0.4, -0.2) is 51.7 Å². The van der Waals surface area contributed by atoms with Crippen molar-refractivity contribution >= 4 is 29.2 Å². The van der Waals surface area contributed by atoms with Crippen LogP contribution in [0.4, 0.5) is 5.95 Å². The first-order valence-electron chi connectivity index (χ1n) is 10.5. The molecule has 0 bridgehead atoms. The first-order valence-corrected chi connectivity index (χ1v) is 10.9. The normalized spacial score (nSPS) is 18.8. The number of fused-ring (bicyclic) bond motifs is 1. The topological polar surface area (TPSA) is 74.7 Å². The molecule has 158 valence electrons. The van der Waals surface area contributed by atoms with Gasteiger partial charge in [-0.15, -0.1) is 0 Å². The van der Waals surface area contributed by atoms with E-state index in [0.29, 0.717) is 23.6 Å². The molecule has 1 atom stereocenters. The van der Waals surface area contributed by atoms with Gasteiger partial charge in [-0.3, -0.25) is 5.32 Å². The highest BCUT2D eigenvalue weighted by molar-refractivity contribution is 7.80. The Hall–Kier alpha value is -2.58. The lowest BCUT2D eigenvalue weighted by Crippen LogP contribution is -2.42. The van der Waals surface area contributed by atoms with Crippen LogP contribution in [0.3, 0.4) is 0 Å². The van der Waals surface area contributed by atoms with Crippen LogP contribution >= 0.6 is 12.2 Å². The zero-order chi connectivity index (χ0) is 20.9. The van der Waals surface area contributed by atoms with Crippen LogP contribution in [0.1, 0.15) is 35.4 Å². The number of nitrogens with one attached hydrogen (secondary N) is 2. The number of guanidine groups is 1. The molecule has 1 saturated heterocycles. The molecule has 0 spiro atoms. The number of aliphatic imine (C=N–C) groups is 1. The maximum atomic E-state index is 5.67. The molecular formula is C22H28N6OS. The van der Waals surface area contributed by atoms with E-state index in [1.807, 2.05) is 19.9 Å². The van der Waals surface area contributed by atoms with Crippen LogP contribution < -0.4 is 10.6 Å². The molecule has 4 rings (SSSR count). The van der Waals surface area contributed by atoms with Crippen molar-refractivity contribution in [2.24, 2.45) is 4.99 Å². The van der Waals surface area contributed by atoms with Gasteiger partial charge in [0.25, 0.3) is 0 Å². The average molecular weight is 425 g/mol. The van der Waals surface area contributed by atoms with E-state index in [1.54, 1.807) is 0 Å². The zero-order valence-corrected chi connectivity index (χ0v) is 18.3. The summed E-state index contributed by atoms with van der Waals surface area (Å²) in [5, 5.41) is 6.99. The number of thiocarbonyl (C=S) groups is 1. The summed E-state index contributed by atoms with van der Waals surface area (Å²) in [6.07, 6.45) is 3.33. The number of hydrogen-bond donors (Lipinski definition) is 2. The molecule has 8 heteroatoms. The van der Waals surface area contributed by atoms with Crippen LogP contribution in [0.2, 0.25) is 0 Å². The molecule has 2 N–H and O–H groups in total. The molecule has 2 aromatic rings. The van der Waals surface area contributed by atoms with Gasteiger partial charge < -0.3 is 15.0 Å². The summed E-state index contributed by atoms with van der Waals surface area (Å²) in [4.78, 5) is 15.9. The summed E-state index contributed by atoms with van der Waals surface area (Å²) in [5.74, 6) is 1.20. The molecule has 1 fully saturated rings. The molecule has 0 aliphatic carbocycles.